The largest absolute Gasteiger partial charge is 0.382 e. The Hall–Kier alpha value is -5.82. The molecule has 3 fully saturated rings. The molecule has 1 atom stereocenters. The molecular formula is C45H56N10O8. The number of carbonyl (C=O) groups is 5. The first-order valence-electron chi connectivity index (χ1n) is 22.0. The highest BCUT2D eigenvalue weighted by Crippen LogP contribution is 2.35. The number of nitrogens with one attached hydrogen (secondary N) is 2. The number of hydrogen-bond donors (Lipinski definition) is 2. The van der Waals surface area contributed by atoms with Crippen molar-refractivity contribution in [2.24, 2.45) is 0 Å². The minimum atomic E-state index is -1.01. The van der Waals surface area contributed by atoms with Crippen molar-refractivity contribution >= 4 is 51.9 Å². The molecule has 18 heteroatoms. The minimum Gasteiger partial charge on any atom is -0.382 e. The Morgan fingerprint density at radius 3 is 2.32 bits per heavy atom. The molecule has 63 heavy (non-hydrogen) atoms. The molecule has 3 aliphatic heterocycles. The lowest BCUT2D eigenvalue weighted by Crippen LogP contribution is -2.54. The molecule has 0 spiro atoms. The van der Waals surface area contributed by atoms with Crippen LogP contribution in [0.3, 0.4) is 0 Å². The van der Waals surface area contributed by atoms with Crippen LogP contribution in [0.5, 0.6) is 0 Å². The molecule has 3 aromatic heterocycles. The number of amides is 5. The van der Waals surface area contributed by atoms with Gasteiger partial charge in [-0.05, 0) is 49.6 Å². The molecule has 1 unspecified atom stereocenters. The Morgan fingerprint density at radius 1 is 0.857 bits per heavy atom. The number of aromatic nitrogens is 4. The summed E-state index contributed by atoms with van der Waals surface area (Å²) in [6.45, 7) is 7.64. The third-order valence-electron chi connectivity index (χ3n) is 12.2. The molecule has 0 radical (unpaired) electrons. The van der Waals surface area contributed by atoms with E-state index >= 15 is 0 Å². The second-order valence-electron chi connectivity index (χ2n) is 16.6. The van der Waals surface area contributed by atoms with Crippen molar-refractivity contribution in [2.75, 3.05) is 103 Å². The van der Waals surface area contributed by atoms with E-state index in [1.54, 1.807) is 37.2 Å². The van der Waals surface area contributed by atoms with E-state index in [0.29, 0.717) is 69.8 Å². The number of benzene rings is 1. The van der Waals surface area contributed by atoms with Crippen molar-refractivity contribution in [2.45, 2.75) is 57.0 Å². The van der Waals surface area contributed by atoms with Gasteiger partial charge in [0.05, 0.1) is 69.1 Å². The zero-order chi connectivity index (χ0) is 43.9. The molecule has 18 nitrogen and oxygen atoms in total. The maximum atomic E-state index is 13.2. The van der Waals surface area contributed by atoms with E-state index in [-0.39, 0.29) is 35.9 Å². The summed E-state index contributed by atoms with van der Waals surface area (Å²) in [7, 11) is 3.57. The Labute approximate surface area is 366 Å². The van der Waals surface area contributed by atoms with E-state index in [9.17, 15) is 24.0 Å². The Balaban J connectivity index is 0.683. The summed E-state index contributed by atoms with van der Waals surface area (Å²) in [5.41, 5.74) is 4.43. The van der Waals surface area contributed by atoms with Gasteiger partial charge in [0.2, 0.25) is 11.8 Å². The number of rotatable bonds is 19. The van der Waals surface area contributed by atoms with Gasteiger partial charge in [-0.1, -0.05) is 18.9 Å². The van der Waals surface area contributed by atoms with Crippen LogP contribution in [0.2, 0.25) is 0 Å². The third-order valence-corrected chi connectivity index (χ3v) is 12.2. The standard InChI is InChI=1S/C45H56N10O8/c1-51(2)44(59)37-26-30-28-48-38(49-41(30)54(37)32-6-3-4-7-32)27-31-10-11-33(29-47-31)53-17-15-52(16-18-53)19-21-62-23-25-63-24-22-61-20-14-46-35-9-5-8-34-40(35)45(60)55(43(34)58)36-12-13-39(56)50-42(36)57/h5,8-11,26,28-29,32,36,46H,3-4,6-7,12-25,27H2,1-2H3,(H,50,56,57). The van der Waals surface area contributed by atoms with Crippen molar-refractivity contribution in [3.63, 3.8) is 0 Å². The number of piperidine rings is 1. The van der Waals surface area contributed by atoms with Crippen LogP contribution in [0.25, 0.3) is 11.0 Å². The summed E-state index contributed by atoms with van der Waals surface area (Å²) in [6.07, 6.45) is 8.89. The van der Waals surface area contributed by atoms with E-state index in [0.717, 1.165) is 85.7 Å². The van der Waals surface area contributed by atoms with Crippen molar-refractivity contribution in [1.82, 2.24) is 39.5 Å². The summed E-state index contributed by atoms with van der Waals surface area (Å²) in [6, 6.07) is 10.3. The third kappa shape index (κ3) is 10.0. The Bertz CT molecular complexity index is 2300. The van der Waals surface area contributed by atoms with Crippen LogP contribution >= 0.6 is 0 Å². The molecule has 0 bridgehead atoms. The fourth-order valence-corrected chi connectivity index (χ4v) is 8.81. The van der Waals surface area contributed by atoms with Crippen molar-refractivity contribution < 1.29 is 38.2 Å². The zero-order valence-electron chi connectivity index (χ0n) is 36.1. The number of piperazine rings is 1. The lowest BCUT2D eigenvalue weighted by Gasteiger charge is -2.35. The zero-order valence-corrected chi connectivity index (χ0v) is 36.1. The number of ether oxygens (including phenoxy) is 3. The quantitative estimate of drug-likeness (QED) is 0.103. The fraction of sp³-hybridized carbons (Fsp3) is 0.511. The summed E-state index contributed by atoms with van der Waals surface area (Å²) >= 11 is 0. The Morgan fingerprint density at radius 2 is 1.60 bits per heavy atom. The molecule has 5 amide bonds. The first kappa shape index (κ1) is 43.8. The lowest BCUT2D eigenvalue weighted by atomic mass is 10.0. The first-order chi connectivity index (χ1) is 30.7. The molecule has 4 aromatic rings. The second kappa shape index (κ2) is 20.1. The molecule has 1 aliphatic carbocycles. The Kier molecular flexibility index (Phi) is 14.0. The number of nitrogens with zero attached hydrogens (tertiary/aromatic N) is 8. The SMILES string of the molecule is CN(C)C(=O)c1cc2cnc(Cc3ccc(N4CCN(CCOCCOCCOCCNc5cccc6c5C(=O)N(C5CCC(=O)NC5=O)C6=O)CC4)cn3)nc2n1C1CCCC1. The predicted molar refractivity (Wildman–Crippen MR) is 233 cm³/mol. The minimum absolute atomic E-state index is 0.0143. The summed E-state index contributed by atoms with van der Waals surface area (Å²) < 4.78 is 19.3. The van der Waals surface area contributed by atoms with E-state index in [1.165, 1.54) is 0 Å². The van der Waals surface area contributed by atoms with Gasteiger partial charge in [0, 0.05) is 88.8 Å². The van der Waals surface area contributed by atoms with Crippen LogP contribution in [-0.2, 0) is 30.2 Å². The number of anilines is 2. The molecule has 8 rings (SSSR count). The van der Waals surface area contributed by atoms with Gasteiger partial charge >= 0.3 is 0 Å². The molecule has 2 saturated heterocycles. The van der Waals surface area contributed by atoms with Gasteiger partial charge in [0.15, 0.2) is 0 Å². The topological polar surface area (TPSA) is 194 Å². The molecular weight excluding hydrogens is 809 g/mol. The van der Waals surface area contributed by atoms with E-state index in [1.807, 2.05) is 18.5 Å². The van der Waals surface area contributed by atoms with Crippen LogP contribution in [0.15, 0.2) is 48.8 Å². The molecule has 1 saturated carbocycles. The molecule has 334 valence electrons. The first-order valence-corrected chi connectivity index (χ1v) is 22.0. The number of fused-ring (bicyclic) bond motifs is 2. The average Bonchev–Trinajstić information content (AvgIpc) is 4.01. The fourth-order valence-electron chi connectivity index (χ4n) is 8.81. The maximum Gasteiger partial charge on any atom is 0.270 e. The van der Waals surface area contributed by atoms with Crippen molar-refractivity contribution in [1.29, 1.82) is 0 Å². The summed E-state index contributed by atoms with van der Waals surface area (Å²) in [5.74, 6) is -1.47. The van der Waals surface area contributed by atoms with E-state index in [2.05, 4.69) is 42.1 Å². The monoisotopic (exact) mass is 864 g/mol. The van der Waals surface area contributed by atoms with Gasteiger partial charge in [-0.2, -0.15) is 0 Å². The van der Waals surface area contributed by atoms with Gasteiger partial charge < -0.3 is 33.9 Å². The molecule has 6 heterocycles. The molecule has 2 N–H and O–H groups in total. The number of hydrogen-bond acceptors (Lipinski definition) is 14. The lowest BCUT2D eigenvalue weighted by molar-refractivity contribution is -0.136. The molecule has 1 aromatic carbocycles. The normalized spacial score (nSPS) is 18.4. The highest BCUT2D eigenvalue weighted by molar-refractivity contribution is 6.25. The van der Waals surface area contributed by atoms with E-state index < -0.39 is 29.7 Å². The highest BCUT2D eigenvalue weighted by Gasteiger charge is 2.45. The number of imide groups is 2. The van der Waals surface area contributed by atoms with Gasteiger partial charge in [0.1, 0.15) is 23.2 Å². The van der Waals surface area contributed by atoms with Crippen molar-refractivity contribution in [3.05, 3.63) is 77.1 Å². The van der Waals surface area contributed by atoms with Gasteiger partial charge in [-0.3, -0.25) is 44.1 Å². The second-order valence-corrected chi connectivity index (χ2v) is 16.6. The number of pyridine rings is 1. The van der Waals surface area contributed by atoms with Crippen LogP contribution < -0.4 is 15.5 Å². The van der Waals surface area contributed by atoms with E-state index in [4.69, 9.17) is 24.2 Å². The van der Waals surface area contributed by atoms with Gasteiger partial charge in [-0.25, -0.2) is 9.97 Å². The van der Waals surface area contributed by atoms with Crippen LogP contribution in [-0.4, -0.2) is 163 Å². The smallest absolute Gasteiger partial charge is 0.270 e. The van der Waals surface area contributed by atoms with Gasteiger partial charge in [0.25, 0.3) is 17.7 Å². The highest BCUT2D eigenvalue weighted by atomic mass is 16.5. The van der Waals surface area contributed by atoms with Crippen LogP contribution in [0, 0.1) is 0 Å². The molecule has 4 aliphatic rings. The van der Waals surface area contributed by atoms with Crippen LogP contribution in [0.4, 0.5) is 11.4 Å². The number of carbonyl (C=O) groups excluding carboxylic acids is 5. The average molecular weight is 865 g/mol. The van der Waals surface area contributed by atoms with Crippen molar-refractivity contribution in [3.8, 4) is 0 Å². The van der Waals surface area contributed by atoms with Gasteiger partial charge in [-0.15, -0.1) is 0 Å². The summed E-state index contributed by atoms with van der Waals surface area (Å²) in [4.78, 5) is 85.0. The predicted octanol–water partition coefficient (Wildman–Crippen LogP) is 2.92. The van der Waals surface area contributed by atoms with Crippen LogP contribution in [0.1, 0.15) is 87.3 Å². The maximum absolute atomic E-state index is 13.2. The summed E-state index contributed by atoms with van der Waals surface area (Å²) in [5, 5.41) is 6.27.